The molecule has 0 atom stereocenters. The first-order valence-electron chi connectivity index (χ1n) is 7.09. The van der Waals surface area contributed by atoms with Gasteiger partial charge in [0.1, 0.15) is 5.82 Å². The third-order valence-electron chi connectivity index (χ3n) is 3.69. The summed E-state index contributed by atoms with van der Waals surface area (Å²) in [6.45, 7) is 5.56. The van der Waals surface area contributed by atoms with Crippen LogP contribution < -0.4 is 0 Å². The summed E-state index contributed by atoms with van der Waals surface area (Å²) in [5.41, 5.74) is 0. The number of piperidine rings is 1. The van der Waals surface area contributed by atoms with Gasteiger partial charge in [-0.3, -0.25) is 0 Å². The highest BCUT2D eigenvalue weighted by molar-refractivity contribution is 7.89. The van der Waals surface area contributed by atoms with Crippen molar-refractivity contribution in [3.63, 3.8) is 0 Å². The molecule has 1 saturated heterocycles. The van der Waals surface area contributed by atoms with Gasteiger partial charge < -0.3 is 4.74 Å². The summed E-state index contributed by atoms with van der Waals surface area (Å²) >= 11 is 5.67. The van der Waals surface area contributed by atoms with Gasteiger partial charge in [-0.15, -0.1) is 6.58 Å². The lowest BCUT2D eigenvalue weighted by atomic mass is 9.99. The Balaban J connectivity index is 2.00. The van der Waals surface area contributed by atoms with Crippen LogP contribution in [0.2, 0.25) is 5.02 Å². The second kappa shape index (κ2) is 7.55. The lowest BCUT2D eigenvalue weighted by Crippen LogP contribution is -2.39. The van der Waals surface area contributed by atoms with Crippen molar-refractivity contribution in [3.8, 4) is 0 Å². The third kappa shape index (κ3) is 4.07. The summed E-state index contributed by atoms with van der Waals surface area (Å²) < 4.78 is 45.0. The molecule has 0 radical (unpaired) electrons. The van der Waals surface area contributed by atoms with Crippen LogP contribution in [0.15, 0.2) is 35.7 Å². The van der Waals surface area contributed by atoms with E-state index in [1.54, 1.807) is 6.08 Å². The van der Waals surface area contributed by atoms with Crippen LogP contribution in [-0.2, 0) is 14.8 Å². The van der Waals surface area contributed by atoms with Gasteiger partial charge >= 0.3 is 0 Å². The number of hydrogen-bond acceptors (Lipinski definition) is 3. The molecule has 1 heterocycles. The van der Waals surface area contributed by atoms with E-state index in [2.05, 4.69) is 6.58 Å². The van der Waals surface area contributed by atoms with E-state index in [1.807, 2.05) is 0 Å². The predicted octanol–water partition coefficient (Wildman–Crippen LogP) is 3.08. The van der Waals surface area contributed by atoms with E-state index >= 15 is 0 Å². The van der Waals surface area contributed by atoms with Crippen LogP contribution in [0.5, 0.6) is 0 Å². The zero-order valence-corrected chi connectivity index (χ0v) is 13.7. The maximum Gasteiger partial charge on any atom is 0.243 e. The quantitative estimate of drug-likeness (QED) is 0.587. The van der Waals surface area contributed by atoms with Crippen LogP contribution in [-0.4, -0.2) is 39.0 Å². The van der Waals surface area contributed by atoms with Gasteiger partial charge in [0.15, 0.2) is 0 Å². The molecular formula is C15H19ClFNO3S. The van der Waals surface area contributed by atoms with Gasteiger partial charge in [0, 0.05) is 19.7 Å². The highest BCUT2D eigenvalue weighted by Gasteiger charge is 2.29. The van der Waals surface area contributed by atoms with Gasteiger partial charge in [0.2, 0.25) is 10.0 Å². The largest absolute Gasteiger partial charge is 0.377 e. The van der Waals surface area contributed by atoms with Gasteiger partial charge in [-0.05, 0) is 37.0 Å². The fourth-order valence-electron chi connectivity index (χ4n) is 2.42. The highest BCUT2D eigenvalue weighted by atomic mass is 35.5. The zero-order chi connectivity index (χ0) is 16.2. The maximum absolute atomic E-state index is 13.2. The second-order valence-electron chi connectivity index (χ2n) is 5.25. The number of benzene rings is 1. The van der Waals surface area contributed by atoms with E-state index in [0.717, 1.165) is 25.0 Å². The normalized spacial score (nSPS) is 17.5. The number of hydrogen-bond donors (Lipinski definition) is 0. The number of sulfonamides is 1. The molecule has 0 spiro atoms. The number of halogens is 2. The molecule has 1 aliphatic rings. The lowest BCUT2D eigenvalue weighted by Gasteiger charge is -2.31. The Hall–Kier alpha value is -0.950. The molecule has 2 rings (SSSR count). The molecule has 122 valence electrons. The number of ether oxygens (including phenoxy) is 1. The van der Waals surface area contributed by atoms with Crippen molar-refractivity contribution in [3.05, 3.63) is 41.7 Å². The van der Waals surface area contributed by atoms with Crippen molar-refractivity contribution in [2.75, 3.05) is 26.3 Å². The SMILES string of the molecule is C=CCOCC1CCN(S(=O)(=O)c2ccc(F)c(Cl)c2)CC1. The second-order valence-corrected chi connectivity index (χ2v) is 7.59. The fraction of sp³-hybridized carbons (Fsp3) is 0.467. The molecule has 0 N–H and O–H groups in total. The first-order valence-corrected chi connectivity index (χ1v) is 8.91. The van der Waals surface area contributed by atoms with Crippen molar-refractivity contribution >= 4 is 21.6 Å². The molecule has 1 aromatic rings. The van der Waals surface area contributed by atoms with Gasteiger partial charge in [-0.25, -0.2) is 12.8 Å². The maximum atomic E-state index is 13.2. The molecule has 0 unspecified atom stereocenters. The Morgan fingerprint density at radius 2 is 2.09 bits per heavy atom. The molecule has 0 aromatic heterocycles. The Labute approximate surface area is 135 Å². The molecule has 22 heavy (non-hydrogen) atoms. The van der Waals surface area contributed by atoms with Gasteiger partial charge in [0.05, 0.1) is 16.5 Å². The van der Waals surface area contributed by atoms with E-state index in [1.165, 1.54) is 10.4 Å². The first-order chi connectivity index (χ1) is 10.4. The van der Waals surface area contributed by atoms with Crippen molar-refractivity contribution in [1.29, 1.82) is 0 Å². The average molecular weight is 348 g/mol. The van der Waals surface area contributed by atoms with Crippen molar-refractivity contribution in [1.82, 2.24) is 4.31 Å². The summed E-state index contributed by atoms with van der Waals surface area (Å²) in [6, 6.07) is 3.48. The number of nitrogens with zero attached hydrogens (tertiary/aromatic N) is 1. The molecule has 1 aromatic carbocycles. The summed E-state index contributed by atoms with van der Waals surface area (Å²) in [6.07, 6.45) is 3.18. The van der Waals surface area contributed by atoms with Crippen LogP contribution in [0.1, 0.15) is 12.8 Å². The van der Waals surface area contributed by atoms with Crippen LogP contribution in [0.4, 0.5) is 4.39 Å². The van der Waals surface area contributed by atoms with E-state index < -0.39 is 15.8 Å². The minimum atomic E-state index is -3.62. The summed E-state index contributed by atoms with van der Waals surface area (Å²) in [7, 11) is -3.62. The minimum absolute atomic E-state index is 0.0280. The van der Waals surface area contributed by atoms with Crippen LogP contribution >= 0.6 is 11.6 Å². The van der Waals surface area contributed by atoms with Crippen LogP contribution in [0.3, 0.4) is 0 Å². The molecule has 0 aliphatic carbocycles. The molecule has 0 amide bonds. The Morgan fingerprint density at radius 1 is 1.41 bits per heavy atom. The Kier molecular flexibility index (Phi) is 5.97. The minimum Gasteiger partial charge on any atom is -0.377 e. The summed E-state index contributed by atoms with van der Waals surface area (Å²) in [4.78, 5) is 0.0280. The first kappa shape index (κ1) is 17.4. The Bertz CT molecular complexity index is 628. The predicted molar refractivity (Wildman–Crippen MR) is 83.9 cm³/mol. The van der Waals surface area contributed by atoms with Gasteiger partial charge in [-0.1, -0.05) is 17.7 Å². The van der Waals surface area contributed by atoms with Crippen molar-refractivity contribution in [2.45, 2.75) is 17.7 Å². The van der Waals surface area contributed by atoms with Crippen molar-refractivity contribution < 1.29 is 17.5 Å². The summed E-state index contributed by atoms with van der Waals surface area (Å²) in [5, 5.41) is -0.186. The molecule has 0 bridgehead atoms. The standard InChI is InChI=1S/C15H19ClFNO3S/c1-2-9-21-11-12-5-7-18(8-6-12)22(19,20)13-3-4-15(17)14(16)10-13/h2-4,10,12H,1,5-9,11H2. The van der Waals surface area contributed by atoms with Crippen LogP contribution in [0, 0.1) is 11.7 Å². The van der Waals surface area contributed by atoms with E-state index in [0.29, 0.717) is 32.2 Å². The zero-order valence-electron chi connectivity index (χ0n) is 12.2. The van der Waals surface area contributed by atoms with E-state index in [-0.39, 0.29) is 9.92 Å². The van der Waals surface area contributed by atoms with Gasteiger partial charge in [-0.2, -0.15) is 4.31 Å². The van der Waals surface area contributed by atoms with E-state index in [4.69, 9.17) is 16.3 Å². The van der Waals surface area contributed by atoms with Crippen LogP contribution in [0.25, 0.3) is 0 Å². The number of rotatable bonds is 6. The topological polar surface area (TPSA) is 46.6 Å². The smallest absolute Gasteiger partial charge is 0.243 e. The average Bonchev–Trinajstić information content (AvgIpc) is 2.51. The van der Waals surface area contributed by atoms with E-state index in [9.17, 15) is 12.8 Å². The summed E-state index contributed by atoms with van der Waals surface area (Å²) in [5.74, 6) is -0.276. The fourth-order valence-corrected chi connectivity index (χ4v) is 4.16. The molecule has 0 saturated carbocycles. The molecular weight excluding hydrogens is 329 g/mol. The lowest BCUT2D eigenvalue weighted by molar-refractivity contribution is 0.0982. The van der Waals surface area contributed by atoms with Crippen molar-refractivity contribution in [2.24, 2.45) is 5.92 Å². The van der Waals surface area contributed by atoms with Gasteiger partial charge in [0.25, 0.3) is 0 Å². The molecule has 7 heteroatoms. The highest BCUT2D eigenvalue weighted by Crippen LogP contribution is 2.26. The molecule has 1 aliphatic heterocycles. The molecule has 1 fully saturated rings. The Morgan fingerprint density at radius 3 is 2.68 bits per heavy atom. The molecule has 4 nitrogen and oxygen atoms in total. The monoisotopic (exact) mass is 347 g/mol. The third-order valence-corrected chi connectivity index (χ3v) is 5.88.